The van der Waals surface area contributed by atoms with E-state index < -0.39 is 0 Å². The maximum Gasteiger partial charge on any atom is 0.231 e. The van der Waals surface area contributed by atoms with Gasteiger partial charge in [0.15, 0.2) is 0 Å². The molecular formula is C13H18N2O. The van der Waals surface area contributed by atoms with Crippen molar-refractivity contribution < 1.29 is 4.79 Å². The van der Waals surface area contributed by atoms with Gasteiger partial charge in [0.2, 0.25) is 5.91 Å². The Kier molecular flexibility index (Phi) is 3.25. The van der Waals surface area contributed by atoms with Crippen molar-refractivity contribution in [3.8, 4) is 0 Å². The largest absolute Gasteiger partial charge is 0.330 e. The fourth-order valence-corrected chi connectivity index (χ4v) is 2.23. The lowest BCUT2D eigenvalue weighted by molar-refractivity contribution is -0.122. The van der Waals surface area contributed by atoms with E-state index in [4.69, 9.17) is 5.73 Å². The van der Waals surface area contributed by atoms with Crippen LogP contribution in [0.5, 0.6) is 0 Å². The van der Waals surface area contributed by atoms with E-state index in [9.17, 15) is 4.79 Å². The van der Waals surface area contributed by atoms with E-state index >= 15 is 0 Å². The molecule has 1 amide bonds. The van der Waals surface area contributed by atoms with Crippen LogP contribution in [0.3, 0.4) is 0 Å². The van der Waals surface area contributed by atoms with Crippen LogP contribution < -0.4 is 10.6 Å². The van der Waals surface area contributed by atoms with Crippen LogP contribution >= 0.6 is 0 Å². The summed E-state index contributed by atoms with van der Waals surface area (Å²) >= 11 is 0. The molecule has 2 N–H and O–H groups in total. The van der Waals surface area contributed by atoms with Gasteiger partial charge in [-0.15, -0.1) is 0 Å². The highest BCUT2D eigenvalue weighted by Gasteiger charge is 2.28. The molecule has 3 heteroatoms. The molecule has 1 unspecified atom stereocenters. The predicted molar refractivity (Wildman–Crippen MR) is 65.3 cm³/mol. The number of anilines is 1. The minimum Gasteiger partial charge on any atom is -0.330 e. The number of fused-ring (bicyclic) bond motifs is 1. The topological polar surface area (TPSA) is 46.3 Å². The molecule has 1 heterocycles. The van der Waals surface area contributed by atoms with Crippen molar-refractivity contribution in [1.29, 1.82) is 0 Å². The van der Waals surface area contributed by atoms with Gasteiger partial charge >= 0.3 is 0 Å². The second kappa shape index (κ2) is 4.66. The summed E-state index contributed by atoms with van der Waals surface area (Å²) in [7, 11) is 0. The van der Waals surface area contributed by atoms with Gasteiger partial charge in [0, 0.05) is 18.8 Å². The zero-order chi connectivity index (χ0) is 11.5. The molecule has 0 fully saturated rings. The molecule has 0 radical (unpaired) electrons. The fourth-order valence-electron chi connectivity index (χ4n) is 2.23. The Labute approximate surface area is 96.2 Å². The Hall–Kier alpha value is -1.35. The lowest BCUT2D eigenvalue weighted by atomic mass is 10.1. The minimum atomic E-state index is -0.0360. The molecule has 1 atom stereocenters. The van der Waals surface area contributed by atoms with Crippen molar-refractivity contribution in [2.45, 2.75) is 19.8 Å². The third-order valence-corrected chi connectivity index (χ3v) is 3.28. The van der Waals surface area contributed by atoms with E-state index in [0.717, 1.165) is 25.1 Å². The molecule has 0 saturated carbocycles. The summed E-state index contributed by atoms with van der Waals surface area (Å²) in [5.41, 5.74) is 7.96. The molecule has 1 aliphatic rings. The normalized spacial score (nSPS) is 16.0. The Balaban J connectivity index is 2.22. The van der Waals surface area contributed by atoms with Crippen molar-refractivity contribution in [1.82, 2.24) is 0 Å². The molecule has 0 aromatic heterocycles. The molecule has 0 saturated heterocycles. The van der Waals surface area contributed by atoms with Gasteiger partial charge in [0.25, 0.3) is 0 Å². The summed E-state index contributed by atoms with van der Waals surface area (Å²) in [6, 6.07) is 8.11. The molecule has 3 nitrogen and oxygen atoms in total. The summed E-state index contributed by atoms with van der Waals surface area (Å²) in [6.45, 7) is 3.25. The lowest BCUT2D eigenvalue weighted by Gasteiger charge is -2.22. The van der Waals surface area contributed by atoms with Crippen LogP contribution in [0.2, 0.25) is 0 Å². The third-order valence-electron chi connectivity index (χ3n) is 3.28. The van der Waals surface area contributed by atoms with Crippen LogP contribution in [0, 0.1) is 5.92 Å². The number of rotatable bonds is 3. The monoisotopic (exact) mass is 218 g/mol. The molecule has 1 aliphatic heterocycles. The van der Waals surface area contributed by atoms with Gasteiger partial charge in [-0.05, 0) is 24.5 Å². The van der Waals surface area contributed by atoms with E-state index in [2.05, 4.69) is 6.07 Å². The van der Waals surface area contributed by atoms with E-state index in [1.54, 1.807) is 0 Å². The van der Waals surface area contributed by atoms with Gasteiger partial charge in [-0.1, -0.05) is 25.1 Å². The van der Waals surface area contributed by atoms with Crippen molar-refractivity contribution in [2.75, 3.05) is 18.0 Å². The Morgan fingerprint density at radius 3 is 2.94 bits per heavy atom. The maximum absolute atomic E-state index is 12.2. The Morgan fingerprint density at radius 1 is 1.50 bits per heavy atom. The second-order valence-electron chi connectivity index (χ2n) is 4.21. The SMILES string of the molecule is CCC(CN)C(=O)N1CCc2ccccc21. The summed E-state index contributed by atoms with van der Waals surface area (Å²) in [5, 5.41) is 0. The van der Waals surface area contributed by atoms with E-state index in [-0.39, 0.29) is 11.8 Å². The summed E-state index contributed by atoms with van der Waals surface area (Å²) in [5.74, 6) is 0.140. The fraction of sp³-hybridized carbons (Fsp3) is 0.462. The van der Waals surface area contributed by atoms with E-state index in [0.29, 0.717) is 6.54 Å². The number of hydrogen-bond acceptors (Lipinski definition) is 2. The van der Waals surface area contributed by atoms with Crippen molar-refractivity contribution in [3.05, 3.63) is 29.8 Å². The van der Waals surface area contributed by atoms with Gasteiger partial charge < -0.3 is 10.6 Å². The number of nitrogens with two attached hydrogens (primary N) is 1. The van der Waals surface area contributed by atoms with Crippen molar-refractivity contribution >= 4 is 11.6 Å². The molecule has 1 aromatic rings. The molecule has 2 rings (SSSR count). The quantitative estimate of drug-likeness (QED) is 0.837. The van der Waals surface area contributed by atoms with E-state index in [1.807, 2.05) is 30.0 Å². The smallest absolute Gasteiger partial charge is 0.231 e. The minimum absolute atomic E-state index is 0.0360. The number of nitrogens with zero attached hydrogens (tertiary/aromatic N) is 1. The van der Waals surface area contributed by atoms with Crippen molar-refractivity contribution in [2.24, 2.45) is 11.7 Å². The Morgan fingerprint density at radius 2 is 2.25 bits per heavy atom. The Bertz CT molecular complexity index is 385. The summed E-state index contributed by atoms with van der Waals surface area (Å²) in [6.07, 6.45) is 1.77. The molecule has 0 bridgehead atoms. The van der Waals surface area contributed by atoms with Crippen molar-refractivity contribution in [3.63, 3.8) is 0 Å². The highest BCUT2D eigenvalue weighted by atomic mass is 16.2. The van der Waals surface area contributed by atoms with Gasteiger partial charge in [-0.3, -0.25) is 4.79 Å². The number of hydrogen-bond donors (Lipinski definition) is 1. The second-order valence-corrected chi connectivity index (χ2v) is 4.21. The van der Waals surface area contributed by atoms with Gasteiger partial charge in [-0.2, -0.15) is 0 Å². The van der Waals surface area contributed by atoms with Crippen LogP contribution in [-0.4, -0.2) is 19.0 Å². The van der Waals surface area contributed by atoms with Crippen LogP contribution in [0.1, 0.15) is 18.9 Å². The molecule has 0 aliphatic carbocycles. The van der Waals surface area contributed by atoms with E-state index in [1.165, 1.54) is 5.56 Å². The average molecular weight is 218 g/mol. The molecule has 0 spiro atoms. The number of carbonyl (C=O) groups excluding carboxylic acids is 1. The molecular weight excluding hydrogens is 200 g/mol. The zero-order valence-electron chi connectivity index (χ0n) is 9.65. The average Bonchev–Trinajstić information content (AvgIpc) is 2.74. The number of benzene rings is 1. The summed E-state index contributed by atoms with van der Waals surface area (Å²) in [4.78, 5) is 14.1. The van der Waals surface area contributed by atoms with Gasteiger partial charge in [0.05, 0.1) is 5.92 Å². The number of amides is 1. The highest BCUT2D eigenvalue weighted by molar-refractivity contribution is 5.97. The summed E-state index contributed by atoms with van der Waals surface area (Å²) < 4.78 is 0. The first kappa shape index (κ1) is 11.1. The van der Waals surface area contributed by atoms with Crippen LogP contribution in [0.15, 0.2) is 24.3 Å². The lowest BCUT2D eigenvalue weighted by Crippen LogP contribution is -2.37. The highest BCUT2D eigenvalue weighted by Crippen LogP contribution is 2.28. The first-order valence-corrected chi connectivity index (χ1v) is 5.87. The van der Waals surface area contributed by atoms with Crippen LogP contribution in [0.25, 0.3) is 0 Å². The molecule has 1 aromatic carbocycles. The number of carbonyl (C=O) groups is 1. The van der Waals surface area contributed by atoms with Crippen LogP contribution in [-0.2, 0) is 11.2 Å². The third kappa shape index (κ3) is 1.83. The maximum atomic E-state index is 12.2. The van der Waals surface area contributed by atoms with Crippen LogP contribution in [0.4, 0.5) is 5.69 Å². The van der Waals surface area contributed by atoms with Gasteiger partial charge in [0.1, 0.15) is 0 Å². The first-order chi connectivity index (χ1) is 7.77. The molecule has 86 valence electrons. The zero-order valence-corrected chi connectivity index (χ0v) is 9.65. The number of para-hydroxylation sites is 1. The van der Waals surface area contributed by atoms with Gasteiger partial charge in [-0.25, -0.2) is 0 Å². The predicted octanol–water partition coefficient (Wildman–Crippen LogP) is 1.56. The molecule has 16 heavy (non-hydrogen) atoms. The standard InChI is InChI=1S/C13H18N2O/c1-2-10(9-14)13(16)15-8-7-11-5-3-4-6-12(11)15/h3-6,10H,2,7-9,14H2,1H3. The first-order valence-electron chi connectivity index (χ1n) is 5.87.